The van der Waals surface area contributed by atoms with Crippen LogP contribution in [0.5, 0.6) is 0 Å². The van der Waals surface area contributed by atoms with E-state index >= 15 is 0 Å². The molecule has 1 radical (unpaired) electrons. The van der Waals surface area contributed by atoms with Gasteiger partial charge in [-0.25, -0.2) is 9.59 Å². The van der Waals surface area contributed by atoms with E-state index in [1.54, 1.807) is 0 Å². The molecule has 0 aromatic heterocycles. The van der Waals surface area contributed by atoms with Gasteiger partial charge >= 0.3 is 11.9 Å². The van der Waals surface area contributed by atoms with Gasteiger partial charge in [-0.1, -0.05) is 0 Å². The Morgan fingerprint density at radius 1 is 0.867 bits per heavy atom. The summed E-state index contributed by atoms with van der Waals surface area (Å²) in [4.78, 5) is 18.9. The third-order valence-corrected chi connectivity index (χ3v) is 0.715. The van der Waals surface area contributed by atoms with Crippen LogP contribution in [0.3, 0.4) is 0 Å². The molecule has 8 N–H and O–H groups in total. The van der Waals surface area contributed by atoms with Crippen molar-refractivity contribution in [3.8, 4) is 0 Å². The molecular weight excluding hydrogens is 255 g/mol. The van der Waals surface area contributed by atoms with Gasteiger partial charge in [0.15, 0.2) is 0 Å². The van der Waals surface area contributed by atoms with E-state index in [1.165, 1.54) is 13.8 Å². The first-order chi connectivity index (χ1) is 5.29. The van der Waals surface area contributed by atoms with E-state index in [0.29, 0.717) is 0 Å². The molecule has 0 aliphatic heterocycles. The summed E-state index contributed by atoms with van der Waals surface area (Å²) in [5, 5.41) is 31.5. The van der Waals surface area contributed by atoms with E-state index in [-0.39, 0.29) is 28.0 Å². The minimum Gasteiger partial charge on any atom is -0.479 e. The van der Waals surface area contributed by atoms with Crippen molar-refractivity contribution >= 4 is 11.9 Å². The molecule has 0 spiro atoms. The molecule has 2 atom stereocenters. The molecule has 9 heteroatoms. The molecule has 95 valence electrons. The number of carbonyl (C=O) groups is 2. The van der Waals surface area contributed by atoms with Gasteiger partial charge in [-0.05, 0) is 13.8 Å². The van der Waals surface area contributed by atoms with E-state index in [4.69, 9.17) is 20.4 Å². The Labute approximate surface area is 96.6 Å². The molecule has 15 heavy (non-hydrogen) atoms. The summed E-state index contributed by atoms with van der Waals surface area (Å²) < 4.78 is 0. The number of carboxylic acids is 2. The second-order valence-electron chi connectivity index (χ2n) is 2.03. The molecule has 0 saturated heterocycles. The first kappa shape index (κ1) is 29.2. The van der Waals surface area contributed by atoms with Crippen LogP contribution in [-0.2, 0) is 26.7 Å². The Balaban J connectivity index is -0.0000000370. The second-order valence-corrected chi connectivity index (χ2v) is 2.03. The third-order valence-electron chi connectivity index (χ3n) is 0.715. The standard InChI is InChI=1S/2C3H6O3.Mn.2H2O/c2*1-2(4)3(5)6;;;/h2*2,4H,1H3,(H,5,6);;2*1H2. The van der Waals surface area contributed by atoms with Crippen LogP contribution in [0.2, 0.25) is 0 Å². The van der Waals surface area contributed by atoms with Crippen molar-refractivity contribution in [1.82, 2.24) is 0 Å². The van der Waals surface area contributed by atoms with E-state index in [9.17, 15) is 9.59 Å². The fourth-order valence-electron chi connectivity index (χ4n) is 0. The zero-order valence-corrected chi connectivity index (χ0v) is 9.32. The van der Waals surface area contributed by atoms with Crippen LogP contribution in [0.4, 0.5) is 0 Å². The van der Waals surface area contributed by atoms with Crippen molar-refractivity contribution in [3.63, 3.8) is 0 Å². The number of aliphatic hydroxyl groups excluding tert-OH is 2. The maximum absolute atomic E-state index is 9.45. The molecule has 0 heterocycles. The van der Waals surface area contributed by atoms with Crippen molar-refractivity contribution in [2.75, 3.05) is 0 Å². The van der Waals surface area contributed by atoms with E-state index < -0.39 is 24.1 Å². The Morgan fingerprint density at radius 2 is 0.933 bits per heavy atom. The largest absolute Gasteiger partial charge is 0.479 e. The topological polar surface area (TPSA) is 178 Å². The summed E-state index contributed by atoms with van der Waals surface area (Å²) in [6.07, 6.45) is -2.46. The van der Waals surface area contributed by atoms with Gasteiger partial charge in [0.05, 0.1) is 0 Å². The predicted molar refractivity (Wildman–Crippen MR) is 45.9 cm³/mol. The number of aliphatic hydroxyl groups is 2. The van der Waals surface area contributed by atoms with Crippen molar-refractivity contribution in [2.24, 2.45) is 0 Å². The average molecular weight is 271 g/mol. The second kappa shape index (κ2) is 15.8. The maximum atomic E-state index is 9.45. The fraction of sp³-hybridized carbons (Fsp3) is 0.667. The molecule has 0 fully saturated rings. The minimum atomic E-state index is -1.23. The molecule has 0 bridgehead atoms. The van der Waals surface area contributed by atoms with Gasteiger partial charge in [0.2, 0.25) is 0 Å². The summed E-state index contributed by atoms with van der Waals surface area (Å²) in [5.74, 6) is -2.37. The molecule has 0 aliphatic carbocycles. The third kappa shape index (κ3) is 31.9. The number of aliphatic carboxylic acids is 2. The van der Waals surface area contributed by atoms with Gasteiger partial charge in [0.25, 0.3) is 0 Å². The van der Waals surface area contributed by atoms with E-state index in [0.717, 1.165) is 0 Å². The molecule has 0 aliphatic rings. The van der Waals surface area contributed by atoms with Gasteiger partial charge in [-0.2, -0.15) is 0 Å². The molecular formula is C6H16MnO8. The smallest absolute Gasteiger partial charge is 0.332 e. The van der Waals surface area contributed by atoms with Gasteiger partial charge in [-0.3, -0.25) is 0 Å². The molecule has 2 unspecified atom stereocenters. The molecule has 0 rings (SSSR count). The zero-order valence-electron chi connectivity index (χ0n) is 8.14. The Bertz CT molecular complexity index is 139. The summed E-state index contributed by atoms with van der Waals surface area (Å²) >= 11 is 0. The summed E-state index contributed by atoms with van der Waals surface area (Å²) in [5.41, 5.74) is 0. The van der Waals surface area contributed by atoms with E-state index in [1.807, 2.05) is 0 Å². The van der Waals surface area contributed by atoms with Crippen LogP contribution >= 0.6 is 0 Å². The van der Waals surface area contributed by atoms with Gasteiger partial charge in [0.1, 0.15) is 12.2 Å². The first-order valence-corrected chi connectivity index (χ1v) is 3.10. The van der Waals surface area contributed by atoms with Crippen LogP contribution in [0.15, 0.2) is 0 Å². The molecule has 0 saturated carbocycles. The normalized spacial score (nSPS) is 10.9. The monoisotopic (exact) mass is 271 g/mol. The number of rotatable bonds is 2. The predicted octanol–water partition coefficient (Wildman–Crippen LogP) is -2.75. The van der Waals surface area contributed by atoms with Crippen molar-refractivity contribution in [1.29, 1.82) is 0 Å². The van der Waals surface area contributed by atoms with Crippen LogP contribution in [0, 0.1) is 0 Å². The Morgan fingerprint density at radius 3 is 0.933 bits per heavy atom. The van der Waals surface area contributed by atoms with Crippen LogP contribution in [0.25, 0.3) is 0 Å². The van der Waals surface area contributed by atoms with Crippen molar-refractivity contribution in [2.45, 2.75) is 26.1 Å². The summed E-state index contributed by atoms with van der Waals surface area (Å²) in [6, 6.07) is 0. The van der Waals surface area contributed by atoms with E-state index in [2.05, 4.69) is 0 Å². The Hall–Kier alpha value is -0.701. The fourth-order valence-corrected chi connectivity index (χ4v) is 0. The van der Waals surface area contributed by atoms with Gasteiger partial charge < -0.3 is 31.4 Å². The number of hydrogen-bond acceptors (Lipinski definition) is 4. The van der Waals surface area contributed by atoms with Crippen LogP contribution < -0.4 is 0 Å². The summed E-state index contributed by atoms with van der Waals surface area (Å²) in [7, 11) is 0. The summed E-state index contributed by atoms with van der Waals surface area (Å²) in [6.45, 7) is 2.39. The first-order valence-electron chi connectivity index (χ1n) is 3.10. The number of carboxylic acid groups (broad SMARTS) is 2. The number of hydrogen-bond donors (Lipinski definition) is 4. The van der Waals surface area contributed by atoms with Crippen LogP contribution in [-0.4, -0.2) is 55.5 Å². The maximum Gasteiger partial charge on any atom is 0.332 e. The van der Waals surface area contributed by atoms with Gasteiger partial charge in [-0.15, -0.1) is 0 Å². The van der Waals surface area contributed by atoms with Crippen LogP contribution in [0.1, 0.15) is 13.8 Å². The molecule has 0 amide bonds. The van der Waals surface area contributed by atoms with Crippen molar-refractivity contribution in [3.05, 3.63) is 0 Å². The molecule has 8 nitrogen and oxygen atoms in total. The van der Waals surface area contributed by atoms with Gasteiger partial charge in [0, 0.05) is 17.1 Å². The molecule has 0 aromatic rings. The Kier molecular flexibility index (Phi) is 30.7. The van der Waals surface area contributed by atoms with Crippen molar-refractivity contribution < 1.29 is 58.0 Å². The average Bonchev–Trinajstić information content (AvgIpc) is 1.88. The SMILES string of the molecule is CC(O)C(=O)O.CC(O)C(=O)O.O.O.[Mn]. The minimum absolute atomic E-state index is 0. The zero-order chi connectivity index (χ0) is 10.3. The quantitative estimate of drug-likeness (QED) is 0.395. The molecule has 0 aromatic carbocycles.